The molecule has 0 aliphatic rings. The third kappa shape index (κ3) is 7.94. The smallest absolute Gasteiger partial charge is 0.264 e. The molecule has 0 fully saturated rings. The summed E-state index contributed by atoms with van der Waals surface area (Å²) in [6.45, 7) is 5.65. The molecule has 2 amide bonds. The molecule has 3 aromatic rings. The summed E-state index contributed by atoms with van der Waals surface area (Å²) in [4.78, 5) is 28.3. The first kappa shape index (κ1) is 29.9. The van der Waals surface area contributed by atoms with Gasteiger partial charge in [0, 0.05) is 21.7 Å². The second kappa shape index (κ2) is 13.4. The molecule has 7 nitrogen and oxygen atoms in total. The minimum Gasteiger partial charge on any atom is -0.354 e. The highest BCUT2D eigenvalue weighted by molar-refractivity contribution is 14.1. The Morgan fingerprint density at radius 3 is 2.21 bits per heavy atom. The molecular weight excluding hydrogens is 637 g/mol. The van der Waals surface area contributed by atoms with Gasteiger partial charge < -0.3 is 10.2 Å². The van der Waals surface area contributed by atoms with Crippen LogP contribution in [0, 0.1) is 9.49 Å². The van der Waals surface area contributed by atoms with Gasteiger partial charge in [-0.1, -0.05) is 55.8 Å². The standard InChI is InChI=1S/C28H31ClIN3O4S/c1-20(2)17-31-28(35)21(3)32(18-22-8-7-9-23(29)16-22)27(34)19-33(25-14-12-24(30)13-15-25)38(36,37)26-10-5-4-6-11-26/h4-16,20-21H,17-19H2,1-3H3,(H,31,35)/t21-/m1/s1. The number of amides is 2. The molecule has 3 rings (SSSR count). The molecule has 1 atom stereocenters. The molecule has 0 heterocycles. The molecule has 3 aromatic carbocycles. The van der Waals surface area contributed by atoms with Crippen LogP contribution >= 0.6 is 34.2 Å². The Hall–Kier alpha value is -2.63. The van der Waals surface area contributed by atoms with Gasteiger partial charge in [0.25, 0.3) is 10.0 Å². The van der Waals surface area contributed by atoms with Crippen molar-refractivity contribution in [2.24, 2.45) is 5.92 Å². The normalized spacial score (nSPS) is 12.2. The minimum atomic E-state index is -4.08. The van der Waals surface area contributed by atoms with Crippen LogP contribution in [0.3, 0.4) is 0 Å². The second-order valence-corrected chi connectivity index (χ2v) is 12.8. The molecule has 0 saturated carbocycles. The summed E-state index contributed by atoms with van der Waals surface area (Å²) in [5.74, 6) is -0.605. The first-order valence-corrected chi connectivity index (χ1v) is 15.0. The number of carbonyl (C=O) groups is 2. The Morgan fingerprint density at radius 1 is 0.947 bits per heavy atom. The Bertz CT molecular complexity index is 1350. The number of nitrogens with one attached hydrogen (secondary N) is 1. The maximum Gasteiger partial charge on any atom is 0.264 e. The number of rotatable bonds is 11. The van der Waals surface area contributed by atoms with Gasteiger partial charge in [0.1, 0.15) is 12.6 Å². The van der Waals surface area contributed by atoms with Gasteiger partial charge in [-0.3, -0.25) is 13.9 Å². The van der Waals surface area contributed by atoms with Crippen LogP contribution in [0.5, 0.6) is 0 Å². The van der Waals surface area contributed by atoms with E-state index in [0.717, 1.165) is 13.4 Å². The van der Waals surface area contributed by atoms with Gasteiger partial charge in [-0.05, 0) is 89.5 Å². The number of hydrogen-bond acceptors (Lipinski definition) is 4. The Labute approximate surface area is 243 Å². The number of anilines is 1. The third-order valence-electron chi connectivity index (χ3n) is 5.82. The number of sulfonamides is 1. The summed E-state index contributed by atoms with van der Waals surface area (Å²) >= 11 is 8.30. The van der Waals surface area contributed by atoms with Gasteiger partial charge in [-0.2, -0.15) is 0 Å². The van der Waals surface area contributed by atoms with Crippen LogP contribution < -0.4 is 9.62 Å². The summed E-state index contributed by atoms with van der Waals surface area (Å²) in [6, 6.07) is 21.0. The number of nitrogens with zero attached hydrogens (tertiary/aromatic N) is 2. The van der Waals surface area contributed by atoms with Crippen molar-refractivity contribution in [3.05, 3.63) is 93.0 Å². The lowest BCUT2D eigenvalue weighted by molar-refractivity contribution is -0.139. The number of hydrogen-bond donors (Lipinski definition) is 1. The molecular formula is C28H31ClIN3O4S. The maximum absolute atomic E-state index is 13.9. The molecule has 0 aliphatic carbocycles. The predicted molar refractivity (Wildman–Crippen MR) is 159 cm³/mol. The minimum absolute atomic E-state index is 0.0652. The van der Waals surface area contributed by atoms with Gasteiger partial charge in [0.2, 0.25) is 11.8 Å². The van der Waals surface area contributed by atoms with E-state index in [4.69, 9.17) is 11.6 Å². The molecule has 1 N–H and O–H groups in total. The van der Waals surface area contributed by atoms with E-state index in [9.17, 15) is 18.0 Å². The molecule has 0 aromatic heterocycles. The highest BCUT2D eigenvalue weighted by Crippen LogP contribution is 2.25. The molecule has 0 radical (unpaired) electrons. The lowest BCUT2D eigenvalue weighted by Crippen LogP contribution is -2.51. The van der Waals surface area contributed by atoms with E-state index >= 15 is 0 Å². The lowest BCUT2D eigenvalue weighted by atomic mass is 10.1. The van der Waals surface area contributed by atoms with E-state index in [0.29, 0.717) is 17.3 Å². The monoisotopic (exact) mass is 667 g/mol. The fraction of sp³-hybridized carbons (Fsp3) is 0.286. The average Bonchev–Trinajstić information content (AvgIpc) is 2.89. The van der Waals surface area contributed by atoms with E-state index in [-0.39, 0.29) is 23.3 Å². The SMILES string of the molecule is CC(C)CNC(=O)[C@@H](C)N(Cc1cccc(Cl)c1)C(=O)CN(c1ccc(I)cc1)S(=O)(=O)c1ccccc1. The summed E-state index contributed by atoms with van der Waals surface area (Å²) in [6.07, 6.45) is 0. The van der Waals surface area contributed by atoms with Crippen molar-refractivity contribution in [3.8, 4) is 0 Å². The van der Waals surface area contributed by atoms with E-state index in [2.05, 4.69) is 27.9 Å². The van der Waals surface area contributed by atoms with Crippen molar-refractivity contribution in [1.29, 1.82) is 0 Å². The number of carbonyl (C=O) groups excluding carboxylic acids is 2. The molecule has 10 heteroatoms. The van der Waals surface area contributed by atoms with Crippen molar-refractivity contribution in [2.45, 2.75) is 38.3 Å². The molecule has 0 aliphatic heterocycles. The fourth-order valence-electron chi connectivity index (χ4n) is 3.72. The molecule has 202 valence electrons. The molecule has 38 heavy (non-hydrogen) atoms. The van der Waals surface area contributed by atoms with Gasteiger partial charge in [0.15, 0.2) is 0 Å². The Kier molecular flexibility index (Phi) is 10.6. The molecule has 0 unspecified atom stereocenters. The number of halogens is 2. The molecule has 0 saturated heterocycles. The van der Waals surface area contributed by atoms with Crippen LogP contribution in [-0.4, -0.2) is 44.3 Å². The van der Waals surface area contributed by atoms with Crippen molar-refractivity contribution >= 4 is 61.7 Å². The van der Waals surface area contributed by atoms with E-state index in [1.807, 2.05) is 19.9 Å². The van der Waals surface area contributed by atoms with Gasteiger partial charge in [0.05, 0.1) is 10.6 Å². The Balaban J connectivity index is 1.99. The average molecular weight is 668 g/mol. The van der Waals surface area contributed by atoms with Crippen LogP contribution in [0.1, 0.15) is 26.3 Å². The van der Waals surface area contributed by atoms with E-state index in [1.54, 1.807) is 67.6 Å². The third-order valence-corrected chi connectivity index (χ3v) is 8.56. The topological polar surface area (TPSA) is 86.8 Å². The summed E-state index contributed by atoms with van der Waals surface area (Å²) in [7, 11) is -4.08. The van der Waals surface area contributed by atoms with Crippen molar-refractivity contribution < 1.29 is 18.0 Å². The summed E-state index contributed by atoms with van der Waals surface area (Å²) in [5, 5.41) is 3.37. The first-order valence-electron chi connectivity index (χ1n) is 12.1. The quantitative estimate of drug-likeness (QED) is 0.280. The Morgan fingerprint density at radius 2 is 1.61 bits per heavy atom. The highest BCUT2D eigenvalue weighted by Gasteiger charge is 2.32. The molecule has 0 spiro atoms. The maximum atomic E-state index is 13.9. The molecule has 0 bridgehead atoms. The van der Waals surface area contributed by atoms with Crippen LogP contribution in [0.25, 0.3) is 0 Å². The van der Waals surface area contributed by atoms with Crippen molar-refractivity contribution in [3.63, 3.8) is 0 Å². The van der Waals surface area contributed by atoms with Crippen molar-refractivity contribution in [2.75, 3.05) is 17.4 Å². The highest BCUT2D eigenvalue weighted by atomic mass is 127. The number of benzene rings is 3. The summed E-state index contributed by atoms with van der Waals surface area (Å²) < 4.78 is 29.4. The van der Waals surface area contributed by atoms with Crippen LogP contribution in [0.2, 0.25) is 5.02 Å². The van der Waals surface area contributed by atoms with Gasteiger partial charge in [-0.15, -0.1) is 0 Å². The van der Waals surface area contributed by atoms with E-state index in [1.165, 1.54) is 17.0 Å². The zero-order valence-electron chi connectivity index (χ0n) is 21.5. The first-order chi connectivity index (χ1) is 18.0. The largest absolute Gasteiger partial charge is 0.354 e. The van der Waals surface area contributed by atoms with Crippen molar-refractivity contribution in [1.82, 2.24) is 10.2 Å². The predicted octanol–water partition coefficient (Wildman–Crippen LogP) is 5.33. The zero-order chi connectivity index (χ0) is 27.9. The van der Waals surface area contributed by atoms with E-state index < -0.39 is 28.5 Å². The van der Waals surface area contributed by atoms with Crippen LogP contribution in [0.15, 0.2) is 83.8 Å². The second-order valence-electron chi connectivity index (χ2n) is 9.27. The summed E-state index contributed by atoms with van der Waals surface area (Å²) in [5.41, 5.74) is 1.07. The fourth-order valence-corrected chi connectivity index (χ4v) is 5.73. The van der Waals surface area contributed by atoms with Gasteiger partial charge >= 0.3 is 0 Å². The lowest BCUT2D eigenvalue weighted by Gasteiger charge is -2.32. The van der Waals surface area contributed by atoms with Gasteiger partial charge in [-0.25, -0.2) is 8.42 Å². The zero-order valence-corrected chi connectivity index (χ0v) is 25.2. The van der Waals surface area contributed by atoms with Crippen LogP contribution in [-0.2, 0) is 26.2 Å². The van der Waals surface area contributed by atoms with Crippen LogP contribution in [0.4, 0.5) is 5.69 Å².